The van der Waals surface area contributed by atoms with E-state index < -0.39 is 0 Å². The minimum Gasteiger partial charge on any atom is -0.456 e. The summed E-state index contributed by atoms with van der Waals surface area (Å²) in [6.07, 6.45) is 0. The van der Waals surface area contributed by atoms with Gasteiger partial charge in [-0.2, -0.15) is 0 Å². The first-order chi connectivity index (χ1) is 28.2. The van der Waals surface area contributed by atoms with E-state index in [4.69, 9.17) is 23.8 Å². The van der Waals surface area contributed by atoms with E-state index in [1.54, 1.807) is 0 Å². The van der Waals surface area contributed by atoms with Gasteiger partial charge in [0.1, 0.15) is 22.3 Å². The van der Waals surface area contributed by atoms with E-state index in [1.165, 1.54) is 5.56 Å². The van der Waals surface area contributed by atoms with Gasteiger partial charge in [0.05, 0.1) is 11.0 Å². The average molecular weight is 731 g/mol. The van der Waals surface area contributed by atoms with Crippen molar-refractivity contribution >= 4 is 65.7 Å². The maximum absolute atomic E-state index is 6.32. The summed E-state index contributed by atoms with van der Waals surface area (Å²) >= 11 is 0. The Morgan fingerprint density at radius 1 is 0.333 bits per heavy atom. The molecule has 266 valence electrons. The third-order valence-corrected chi connectivity index (χ3v) is 11.1. The lowest BCUT2D eigenvalue weighted by Crippen LogP contribution is -2.00. The molecule has 6 nitrogen and oxygen atoms in total. The first-order valence-electron chi connectivity index (χ1n) is 19.0. The number of furan rings is 2. The van der Waals surface area contributed by atoms with Crippen molar-refractivity contribution in [1.82, 2.24) is 19.5 Å². The minimum atomic E-state index is 0.556. The smallest absolute Gasteiger partial charge is 0.164 e. The largest absolute Gasteiger partial charge is 0.456 e. The topological polar surface area (TPSA) is 69.9 Å². The van der Waals surface area contributed by atoms with Crippen molar-refractivity contribution < 1.29 is 8.83 Å². The van der Waals surface area contributed by atoms with E-state index in [0.717, 1.165) is 93.6 Å². The fraction of sp³-hybridized carbons (Fsp3) is 0. The third-order valence-electron chi connectivity index (χ3n) is 11.1. The molecule has 0 amide bonds. The molecule has 0 fully saturated rings. The number of hydrogen-bond acceptors (Lipinski definition) is 5. The molecule has 0 spiro atoms. The van der Waals surface area contributed by atoms with Crippen LogP contribution < -0.4 is 0 Å². The van der Waals surface area contributed by atoms with Crippen LogP contribution in [-0.4, -0.2) is 19.5 Å². The van der Waals surface area contributed by atoms with Crippen molar-refractivity contribution in [3.8, 4) is 51.0 Å². The first kappa shape index (κ1) is 31.5. The maximum atomic E-state index is 6.32. The summed E-state index contributed by atoms with van der Waals surface area (Å²) in [5.41, 5.74) is 11.5. The van der Waals surface area contributed by atoms with Crippen molar-refractivity contribution in [1.29, 1.82) is 0 Å². The van der Waals surface area contributed by atoms with Crippen LogP contribution in [-0.2, 0) is 0 Å². The predicted octanol–water partition coefficient (Wildman–Crippen LogP) is 13.4. The lowest BCUT2D eigenvalue weighted by Gasteiger charge is -2.10. The van der Waals surface area contributed by atoms with Gasteiger partial charge in [0.15, 0.2) is 17.5 Å². The molecule has 0 aliphatic rings. The normalized spacial score (nSPS) is 11.9. The van der Waals surface area contributed by atoms with Crippen LogP contribution in [0.5, 0.6) is 0 Å². The number of hydrogen-bond donors (Lipinski definition) is 0. The molecule has 0 unspecified atom stereocenters. The van der Waals surface area contributed by atoms with Crippen LogP contribution in [0.1, 0.15) is 0 Å². The fourth-order valence-electron chi connectivity index (χ4n) is 8.41. The number of rotatable bonds is 5. The molecule has 12 rings (SSSR count). The first-order valence-corrected chi connectivity index (χ1v) is 19.0. The van der Waals surface area contributed by atoms with Crippen LogP contribution in [0.15, 0.2) is 191 Å². The van der Waals surface area contributed by atoms with Gasteiger partial charge in [-0.1, -0.05) is 109 Å². The Balaban J connectivity index is 1.11. The van der Waals surface area contributed by atoms with E-state index in [0.29, 0.717) is 17.5 Å². The summed E-state index contributed by atoms with van der Waals surface area (Å²) < 4.78 is 15.0. The molecule has 6 heteroatoms. The zero-order valence-electron chi connectivity index (χ0n) is 30.4. The van der Waals surface area contributed by atoms with Crippen molar-refractivity contribution in [3.63, 3.8) is 0 Å². The molecule has 0 saturated carbocycles. The predicted molar refractivity (Wildman–Crippen MR) is 230 cm³/mol. The summed E-state index contributed by atoms with van der Waals surface area (Å²) in [6, 6.07) is 62.8. The lowest BCUT2D eigenvalue weighted by molar-refractivity contribution is 0.668. The van der Waals surface area contributed by atoms with E-state index in [2.05, 4.69) is 132 Å². The number of nitrogens with zero attached hydrogens (tertiary/aromatic N) is 4. The van der Waals surface area contributed by atoms with E-state index in [9.17, 15) is 0 Å². The molecule has 0 radical (unpaired) electrons. The van der Waals surface area contributed by atoms with E-state index in [1.807, 2.05) is 54.6 Å². The monoisotopic (exact) mass is 730 g/mol. The zero-order chi connectivity index (χ0) is 37.5. The summed E-state index contributed by atoms with van der Waals surface area (Å²) in [4.78, 5) is 15.7. The standard InChI is InChI=1S/C51H30N4O2/c1-3-12-31(13-4-1)32-23-26-42-40(28-32)41-29-33(24-27-43(41)55(42)35-14-5-2-6-15-35)49-52-50(34-22-25-37-36-16-7-9-19-44(36)57-47(37)30-34)54-51(53-49)39-18-11-21-46-48(39)38-17-8-10-20-45(38)56-46/h1-30H. The molecule has 0 aliphatic heterocycles. The molecule has 0 N–H and O–H groups in total. The maximum Gasteiger partial charge on any atom is 0.164 e. The van der Waals surface area contributed by atoms with Gasteiger partial charge in [-0.3, -0.25) is 0 Å². The second-order valence-corrected chi connectivity index (χ2v) is 14.4. The van der Waals surface area contributed by atoms with E-state index in [-0.39, 0.29) is 0 Å². The molecule has 0 atom stereocenters. The quantitative estimate of drug-likeness (QED) is 0.176. The zero-order valence-corrected chi connectivity index (χ0v) is 30.4. The second-order valence-electron chi connectivity index (χ2n) is 14.4. The number of para-hydroxylation sites is 3. The van der Waals surface area contributed by atoms with Gasteiger partial charge in [0, 0.05) is 54.7 Å². The molecular weight excluding hydrogens is 701 g/mol. The van der Waals surface area contributed by atoms with Crippen molar-refractivity contribution in [2.75, 3.05) is 0 Å². The van der Waals surface area contributed by atoms with Gasteiger partial charge in [-0.05, 0) is 83.9 Å². The summed E-state index contributed by atoms with van der Waals surface area (Å²) in [5, 5.41) is 6.37. The highest BCUT2D eigenvalue weighted by atomic mass is 16.3. The van der Waals surface area contributed by atoms with Crippen LogP contribution in [0.25, 0.3) is 117 Å². The van der Waals surface area contributed by atoms with Crippen LogP contribution in [0.3, 0.4) is 0 Å². The van der Waals surface area contributed by atoms with Crippen molar-refractivity contribution in [2.45, 2.75) is 0 Å². The molecule has 0 bridgehead atoms. The molecule has 0 saturated heterocycles. The lowest BCUT2D eigenvalue weighted by atomic mass is 10.0. The average Bonchev–Trinajstić information content (AvgIpc) is 3.95. The molecule has 4 heterocycles. The second kappa shape index (κ2) is 12.3. The summed E-state index contributed by atoms with van der Waals surface area (Å²) in [5.74, 6) is 1.70. The van der Waals surface area contributed by atoms with Crippen molar-refractivity contribution in [2.24, 2.45) is 0 Å². The molecular formula is C51H30N4O2. The number of aromatic nitrogens is 4. The third kappa shape index (κ3) is 5.01. The highest BCUT2D eigenvalue weighted by Gasteiger charge is 2.20. The highest BCUT2D eigenvalue weighted by Crippen LogP contribution is 2.40. The molecule has 57 heavy (non-hydrogen) atoms. The minimum absolute atomic E-state index is 0.556. The van der Waals surface area contributed by atoms with E-state index >= 15 is 0 Å². The Bertz CT molecular complexity index is 3530. The van der Waals surface area contributed by atoms with Crippen LogP contribution in [0, 0.1) is 0 Å². The molecule has 8 aromatic carbocycles. The number of fused-ring (bicyclic) bond motifs is 9. The Labute approximate surface area is 325 Å². The molecule has 12 aromatic rings. The van der Waals surface area contributed by atoms with Crippen LogP contribution in [0.2, 0.25) is 0 Å². The Morgan fingerprint density at radius 2 is 0.877 bits per heavy atom. The van der Waals surface area contributed by atoms with Gasteiger partial charge in [-0.15, -0.1) is 0 Å². The van der Waals surface area contributed by atoms with Gasteiger partial charge in [0.25, 0.3) is 0 Å². The van der Waals surface area contributed by atoms with Crippen LogP contribution >= 0.6 is 0 Å². The SMILES string of the molecule is c1ccc(-c2ccc3c(c2)c2cc(-c4nc(-c5ccc6c(c5)oc5ccccc56)nc(-c5cccc6oc7ccccc7c56)n4)ccc2n3-c2ccccc2)cc1. The molecule has 4 aromatic heterocycles. The summed E-state index contributed by atoms with van der Waals surface area (Å²) in [6.45, 7) is 0. The Hall–Kier alpha value is -7.83. The Kier molecular flexibility index (Phi) is 6.83. The number of benzene rings is 8. The van der Waals surface area contributed by atoms with Gasteiger partial charge >= 0.3 is 0 Å². The van der Waals surface area contributed by atoms with Gasteiger partial charge in [-0.25, -0.2) is 15.0 Å². The van der Waals surface area contributed by atoms with Crippen LogP contribution in [0.4, 0.5) is 0 Å². The highest BCUT2D eigenvalue weighted by molar-refractivity contribution is 6.13. The molecule has 0 aliphatic carbocycles. The van der Waals surface area contributed by atoms with Gasteiger partial charge in [0.2, 0.25) is 0 Å². The van der Waals surface area contributed by atoms with Crippen molar-refractivity contribution in [3.05, 3.63) is 182 Å². The van der Waals surface area contributed by atoms with Gasteiger partial charge < -0.3 is 13.4 Å². The summed E-state index contributed by atoms with van der Waals surface area (Å²) in [7, 11) is 0. The fourth-order valence-corrected chi connectivity index (χ4v) is 8.41. The Morgan fingerprint density at radius 3 is 1.65 bits per heavy atom.